The Morgan fingerprint density at radius 2 is 1.53 bits per heavy atom. The zero-order valence-corrected chi connectivity index (χ0v) is 12.8. The summed E-state index contributed by atoms with van der Waals surface area (Å²) >= 11 is 0. The Morgan fingerprint density at radius 3 is 2.12 bits per heavy atom. The van der Waals surface area contributed by atoms with Crippen molar-refractivity contribution in [1.82, 2.24) is 10.2 Å². The SMILES string of the molecule is CC(C)CNCCCCCCN(C)CC(C)C. The number of unbranched alkanes of at least 4 members (excludes halogenated alkanes) is 3. The summed E-state index contributed by atoms with van der Waals surface area (Å²) < 4.78 is 0. The van der Waals surface area contributed by atoms with Crippen LogP contribution in [-0.2, 0) is 0 Å². The van der Waals surface area contributed by atoms with Gasteiger partial charge in [-0.3, -0.25) is 0 Å². The summed E-state index contributed by atoms with van der Waals surface area (Å²) in [4.78, 5) is 2.46. The van der Waals surface area contributed by atoms with Crippen molar-refractivity contribution in [1.29, 1.82) is 0 Å². The first-order valence-corrected chi connectivity index (χ1v) is 7.41. The second kappa shape index (κ2) is 11.0. The lowest BCUT2D eigenvalue weighted by Crippen LogP contribution is -2.24. The molecule has 0 aliphatic carbocycles. The second-order valence-corrected chi connectivity index (χ2v) is 6.17. The van der Waals surface area contributed by atoms with Gasteiger partial charge >= 0.3 is 0 Å². The molecule has 0 spiro atoms. The van der Waals surface area contributed by atoms with E-state index in [1.165, 1.54) is 45.3 Å². The Morgan fingerprint density at radius 1 is 0.882 bits per heavy atom. The molecule has 0 aliphatic rings. The van der Waals surface area contributed by atoms with Crippen molar-refractivity contribution in [3.8, 4) is 0 Å². The van der Waals surface area contributed by atoms with Gasteiger partial charge in [-0.1, -0.05) is 40.5 Å². The third-order valence-electron chi connectivity index (χ3n) is 2.87. The molecular formula is C15H34N2. The minimum absolute atomic E-state index is 0.777. The Kier molecular flexibility index (Phi) is 11.0. The minimum Gasteiger partial charge on any atom is -0.316 e. The van der Waals surface area contributed by atoms with Gasteiger partial charge in [0.1, 0.15) is 0 Å². The van der Waals surface area contributed by atoms with Crippen LogP contribution in [0.25, 0.3) is 0 Å². The molecule has 0 amide bonds. The molecule has 104 valence electrons. The molecule has 0 atom stereocenters. The zero-order valence-electron chi connectivity index (χ0n) is 12.8. The standard InChI is InChI=1S/C15H34N2/c1-14(2)12-16-10-8-6-7-9-11-17(5)13-15(3)4/h14-16H,6-13H2,1-5H3. The summed E-state index contributed by atoms with van der Waals surface area (Å²) in [7, 11) is 2.24. The van der Waals surface area contributed by atoms with Crippen molar-refractivity contribution in [3.05, 3.63) is 0 Å². The lowest BCUT2D eigenvalue weighted by molar-refractivity contribution is 0.288. The number of hydrogen-bond acceptors (Lipinski definition) is 2. The molecule has 0 bridgehead atoms. The molecule has 2 heteroatoms. The molecule has 0 saturated carbocycles. The van der Waals surface area contributed by atoms with Crippen LogP contribution in [-0.4, -0.2) is 38.1 Å². The van der Waals surface area contributed by atoms with E-state index in [0.29, 0.717) is 0 Å². The average molecular weight is 242 g/mol. The molecule has 0 aromatic rings. The molecule has 2 nitrogen and oxygen atoms in total. The van der Waals surface area contributed by atoms with Gasteiger partial charge in [-0.25, -0.2) is 0 Å². The molecule has 0 saturated heterocycles. The fraction of sp³-hybridized carbons (Fsp3) is 1.00. The van der Waals surface area contributed by atoms with Gasteiger partial charge in [-0.15, -0.1) is 0 Å². The predicted octanol–water partition coefficient (Wildman–Crippen LogP) is 3.38. The van der Waals surface area contributed by atoms with Crippen LogP contribution >= 0.6 is 0 Å². The van der Waals surface area contributed by atoms with Crippen LogP contribution in [0.1, 0.15) is 53.4 Å². The molecule has 0 fully saturated rings. The van der Waals surface area contributed by atoms with Crippen molar-refractivity contribution >= 4 is 0 Å². The number of rotatable bonds is 11. The van der Waals surface area contributed by atoms with Crippen LogP contribution in [0, 0.1) is 11.8 Å². The van der Waals surface area contributed by atoms with Crippen LogP contribution in [0.2, 0.25) is 0 Å². The molecule has 0 aliphatic heterocycles. The van der Waals surface area contributed by atoms with Gasteiger partial charge in [0.25, 0.3) is 0 Å². The third-order valence-corrected chi connectivity index (χ3v) is 2.87. The highest BCUT2D eigenvalue weighted by Crippen LogP contribution is 2.02. The minimum atomic E-state index is 0.777. The first kappa shape index (κ1) is 16.9. The largest absolute Gasteiger partial charge is 0.316 e. The first-order valence-electron chi connectivity index (χ1n) is 7.41. The highest BCUT2D eigenvalue weighted by atomic mass is 15.1. The number of hydrogen-bond donors (Lipinski definition) is 1. The Bertz CT molecular complexity index is 155. The molecule has 17 heavy (non-hydrogen) atoms. The van der Waals surface area contributed by atoms with Crippen LogP contribution in [0.15, 0.2) is 0 Å². The van der Waals surface area contributed by atoms with Gasteiger partial charge in [-0.2, -0.15) is 0 Å². The van der Waals surface area contributed by atoms with Gasteiger partial charge in [0.15, 0.2) is 0 Å². The Hall–Kier alpha value is -0.0800. The monoisotopic (exact) mass is 242 g/mol. The summed E-state index contributed by atoms with van der Waals surface area (Å²) in [6.45, 7) is 14.0. The highest BCUT2D eigenvalue weighted by Gasteiger charge is 2.00. The average Bonchev–Trinajstić information content (AvgIpc) is 2.20. The van der Waals surface area contributed by atoms with E-state index >= 15 is 0 Å². The van der Waals surface area contributed by atoms with E-state index in [1.54, 1.807) is 0 Å². The number of nitrogens with zero attached hydrogens (tertiary/aromatic N) is 1. The Balaban J connectivity index is 3.13. The molecule has 1 N–H and O–H groups in total. The maximum Gasteiger partial charge on any atom is 0.000133 e. The summed E-state index contributed by atoms with van der Waals surface area (Å²) in [5.41, 5.74) is 0. The van der Waals surface area contributed by atoms with E-state index in [1.807, 2.05) is 0 Å². The maximum absolute atomic E-state index is 3.50. The predicted molar refractivity (Wildman–Crippen MR) is 78.5 cm³/mol. The maximum atomic E-state index is 3.50. The van der Waals surface area contributed by atoms with Gasteiger partial charge in [0, 0.05) is 6.54 Å². The lowest BCUT2D eigenvalue weighted by Gasteiger charge is -2.18. The molecule has 0 aromatic heterocycles. The van der Waals surface area contributed by atoms with Gasteiger partial charge in [-0.05, 0) is 51.4 Å². The van der Waals surface area contributed by atoms with Crippen molar-refractivity contribution in [2.45, 2.75) is 53.4 Å². The summed E-state index contributed by atoms with van der Waals surface area (Å²) in [5, 5.41) is 3.50. The second-order valence-electron chi connectivity index (χ2n) is 6.17. The summed E-state index contributed by atoms with van der Waals surface area (Å²) in [6.07, 6.45) is 5.44. The van der Waals surface area contributed by atoms with Crippen molar-refractivity contribution in [2.75, 3.05) is 33.2 Å². The van der Waals surface area contributed by atoms with E-state index < -0.39 is 0 Å². The van der Waals surface area contributed by atoms with Crippen molar-refractivity contribution in [3.63, 3.8) is 0 Å². The number of nitrogens with one attached hydrogen (secondary N) is 1. The van der Waals surface area contributed by atoms with Crippen LogP contribution in [0.5, 0.6) is 0 Å². The van der Waals surface area contributed by atoms with E-state index in [2.05, 4.69) is 45.0 Å². The topological polar surface area (TPSA) is 15.3 Å². The van der Waals surface area contributed by atoms with E-state index in [0.717, 1.165) is 18.4 Å². The lowest BCUT2D eigenvalue weighted by atomic mass is 10.1. The molecular weight excluding hydrogens is 208 g/mol. The summed E-state index contributed by atoms with van der Waals surface area (Å²) in [6, 6.07) is 0. The molecule has 0 aromatic carbocycles. The van der Waals surface area contributed by atoms with Crippen LogP contribution in [0.4, 0.5) is 0 Å². The van der Waals surface area contributed by atoms with Crippen LogP contribution < -0.4 is 5.32 Å². The first-order chi connectivity index (χ1) is 8.02. The van der Waals surface area contributed by atoms with E-state index in [9.17, 15) is 0 Å². The fourth-order valence-corrected chi connectivity index (χ4v) is 2.09. The van der Waals surface area contributed by atoms with Gasteiger partial charge in [0.2, 0.25) is 0 Å². The Labute approximate surface area is 109 Å². The smallest absolute Gasteiger partial charge is 0.000133 e. The highest BCUT2D eigenvalue weighted by molar-refractivity contribution is 4.56. The van der Waals surface area contributed by atoms with Gasteiger partial charge in [0.05, 0.1) is 0 Å². The molecule has 0 radical (unpaired) electrons. The van der Waals surface area contributed by atoms with Crippen molar-refractivity contribution in [2.24, 2.45) is 11.8 Å². The van der Waals surface area contributed by atoms with E-state index in [-0.39, 0.29) is 0 Å². The zero-order chi connectivity index (χ0) is 13.1. The molecule has 0 heterocycles. The summed E-state index contributed by atoms with van der Waals surface area (Å²) in [5.74, 6) is 1.57. The molecule has 0 rings (SSSR count). The van der Waals surface area contributed by atoms with E-state index in [4.69, 9.17) is 0 Å². The van der Waals surface area contributed by atoms with Crippen LogP contribution in [0.3, 0.4) is 0 Å². The quantitative estimate of drug-likeness (QED) is 0.559. The molecule has 0 unspecified atom stereocenters. The van der Waals surface area contributed by atoms with Gasteiger partial charge < -0.3 is 10.2 Å². The third kappa shape index (κ3) is 13.9. The fourth-order valence-electron chi connectivity index (χ4n) is 2.09. The van der Waals surface area contributed by atoms with Crippen molar-refractivity contribution < 1.29 is 0 Å². The normalized spacial score (nSPS) is 12.0.